The van der Waals surface area contributed by atoms with E-state index in [0.717, 1.165) is 24.3 Å². The fraction of sp³-hybridized carbons (Fsp3) is 0.381. The Bertz CT molecular complexity index is 874. The van der Waals surface area contributed by atoms with Gasteiger partial charge in [0.15, 0.2) is 0 Å². The zero-order chi connectivity index (χ0) is 22.1. The predicted molar refractivity (Wildman–Crippen MR) is 98.0 cm³/mol. The molecule has 2 aromatic carbocycles. The van der Waals surface area contributed by atoms with Gasteiger partial charge in [0.1, 0.15) is 0 Å². The predicted octanol–water partition coefficient (Wildman–Crippen LogP) is 6.16. The second-order valence-corrected chi connectivity index (χ2v) is 7.36. The minimum absolute atomic E-state index is 0.0714. The molecule has 162 valence electrons. The van der Waals surface area contributed by atoms with Crippen LogP contribution in [0.25, 0.3) is 0 Å². The van der Waals surface area contributed by atoms with Crippen LogP contribution in [-0.4, -0.2) is 17.6 Å². The summed E-state index contributed by atoms with van der Waals surface area (Å²) < 4.78 is 77.2. The molecular weight excluding hydrogens is 412 g/mol. The van der Waals surface area contributed by atoms with Crippen LogP contribution in [0.4, 0.5) is 32.0 Å². The molecule has 1 aliphatic heterocycles. The molecule has 0 saturated carbocycles. The van der Waals surface area contributed by atoms with Crippen molar-refractivity contribution in [1.29, 1.82) is 0 Å². The van der Waals surface area contributed by atoms with Gasteiger partial charge in [-0.1, -0.05) is 12.1 Å². The summed E-state index contributed by atoms with van der Waals surface area (Å²) in [6.45, 7) is 0.384. The summed E-state index contributed by atoms with van der Waals surface area (Å²) in [5, 5.41) is 9.09. The lowest BCUT2D eigenvalue weighted by Gasteiger charge is -2.41. The molecule has 1 heterocycles. The number of carboxylic acid groups (broad SMARTS) is 1. The molecule has 0 radical (unpaired) electrons. The van der Waals surface area contributed by atoms with E-state index in [1.165, 1.54) is 24.3 Å². The quantitative estimate of drug-likeness (QED) is 0.590. The Labute approximate surface area is 168 Å². The van der Waals surface area contributed by atoms with Gasteiger partial charge in [-0.2, -0.15) is 26.3 Å². The van der Waals surface area contributed by atoms with Crippen LogP contribution < -0.4 is 4.90 Å². The molecule has 1 N–H and O–H groups in total. The molecule has 2 atom stereocenters. The minimum atomic E-state index is -4.48. The monoisotopic (exact) mass is 431 g/mol. The molecule has 1 saturated heterocycles. The van der Waals surface area contributed by atoms with Gasteiger partial charge in [-0.25, -0.2) is 0 Å². The largest absolute Gasteiger partial charge is 0.481 e. The first-order valence-electron chi connectivity index (χ1n) is 9.28. The molecule has 9 heteroatoms. The molecule has 1 fully saturated rings. The topological polar surface area (TPSA) is 40.5 Å². The van der Waals surface area contributed by atoms with Crippen molar-refractivity contribution in [1.82, 2.24) is 0 Å². The van der Waals surface area contributed by atoms with Gasteiger partial charge in [0.05, 0.1) is 17.2 Å². The van der Waals surface area contributed by atoms with Crippen molar-refractivity contribution >= 4 is 11.7 Å². The van der Waals surface area contributed by atoms with Crippen molar-refractivity contribution in [3.8, 4) is 0 Å². The number of aliphatic carboxylic acids is 1. The summed E-state index contributed by atoms with van der Waals surface area (Å²) in [5.74, 6) is -1.14. The van der Waals surface area contributed by atoms with Gasteiger partial charge < -0.3 is 10.0 Å². The van der Waals surface area contributed by atoms with E-state index in [1.54, 1.807) is 0 Å². The average Bonchev–Trinajstić information content (AvgIpc) is 2.66. The van der Waals surface area contributed by atoms with E-state index in [2.05, 4.69) is 0 Å². The van der Waals surface area contributed by atoms with E-state index in [-0.39, 0.29) is 12.3 Å². The van der Waals surface area contributed by atoms with Gasteiger partial charge in [0, 0.05) is 18.7 Å². The third-order valence-corrected chi connectivity index (χ3v) is 5.32. The van der Waals surface area contributed by atoms with E-state index in [0.29, 0.717) is 30.6 Å². The molecule has 30 heavy (non-hydrogen) atoms. The number of alkyl halides is 6. The molecule has 0 aliphatic carbocycles. The number of benzene rings is 2. The average molecular weight is 431 g/mol. The normalized spacial score (nSPS) is 20.3. The fourth-order valence-electron chi connectivity index (χ4n) is 3.83. The molecular formula is C21H19F6NO2. The number of nitrogens with zero attached hydrogens (tertiary/aromatic N) is 1. The van der Waals surface area contributed by atoms with Gasteiger partial charge in [-0.15, -0.1) is 0 Å². The highest BCUT2D eigenvalue weighted by Gasteiger charge is 2.34. The molecule has 3 nitrogen and oxygen atoms in total. The Morgan fingerprint density at radius 1 is 0.900 bits per heavy atom. The van der Waals surface area contributed by atoms with Crippen LogP contribution in [0.15, 0.2) is 48.5 Å². The van der Waals surface area contributed by atoms with Gasteiger partial charge in [-0.3, -0.25) is 4.79 Å². The fourth-order valence-corrected chi connectivity index (χ4v) is 3.83. The highest BCUT2D eigenvalue weighted by atomic mass is 19.4. The zero-order valence-corrected chi connectivity index (χ0v) is 15.7. The van der Waals surface area contributed by atoms with Crippen LogP contribution in [-0.2, 0) is 17.1 Å². The summed E-state index contributed by atoms with van der Waals surface area (Å²) in [6.07, 6.45) is -8.13. The third-order valence-electron chi connectivity index (χ3n) is 5.32. The van der Waals surface area contributed by atoms with Gasteiger partial charge in [-0.05, 0) is 60.7 Å². The van der Waals surface area contributed by atoms with Crippen LogP contribution in [0, 0.1) is 5.92 Å². The highest BCUT2D eigenvalue weighted by Crippen LogP contribution is 2.40. The molecule has 2 aromatic rings. The first-order valence-corrected chi connectivity index (χ1v) is 9.28. The minimum Gasteiger partial charge on any atom is -0.481 e. The van der Waals surface area contributed by atoms with E-state index >= 15 is 0 Å². The summed E-state index contributed by atoms with van der Waals surface area (Å²) >= 11 is 0. The molecule has 0 bridgehead atoms. The number of anilines is 1. The summed E-state index contributed by atoms with van der Waals surface area (Å²) in [4.78, 5) is 12.9. The van der Waals surface area contributed by atoms with Gasteiger partial charge in [0.25, 0.3) is 0 Å². The number of piperidine rings is 1. The Morgan fingerprint density at radius 2 is 1.40 bits per heavy atom. The molecule has 0 amide bonds. The van der Waals surface area contributed by atoms with Crippen molar-refractivity contribution in [2.45, 2.75) is 37.7 Å². The SMILES string of the molecule is O=C(O)C[C@@H]1CCN(c2ccc(C(F)(F)F)cc2)[C@H](c2ccc(C(F)(F)F)cc2)C1. The number of carbonyl (C=O) groups is 1. The Balaban J connectivity index is 1.91. The maximum absolute atomic E-state index is 12.9. The molecule has 0 spiro atoms. The first-order chi connectivity index (χ1) is 13.9. The number of rotatable bonds is 4. The van der Waals surface area contributed by atoms with E-state index in [4.69, 9.17) is 5.11 Å². The summed E-state index contributed by atoms with van der Waals surface area (Å²) in [6, 6.07) is 8.74. The highest BCUT2D eigenvalue weighted by molar-refractivity contribution is 5.67. The van der Waals surface area contributed by atoms with Gasteiger partial charge in [0.2, 0.25) is 0 Å². The lowest BCUT2D eigenvalue weighted by atomic mass is 9.84. The standard InChI is InChI=1S/C21H19F6NO2/c22-20(23,24)15-3-1-14(2-4-15)18-11-13(12-19(29)30)9-10-28(18)17-7-5-16(6-8-17)21(25,26)27/h1-8,13,18H,9-12H2,(H,29,30)/t13-,18+/m1/s1. The number of carboxylic acids is 1. The van der Waals surface area contributed by atoms with Crippen LogP contribution >= 0.6 is 0 Å². The van der Waals surface area contributed by atoms with E-state index < -0.39 is 35.5 Å². The number of hydrogen-bond donors (Lipinski definition) is 1. The first kappa shape index (κ1) is 22.0. The lowest BCUT2D eigenvalue weighted by Crippen LogP contribution is -2.37. The second kappa shape index (κ2) is 8.20. The maximum Gasteiger partial charge on any atom is 0.416 e. The van der Waals surface area contributed by atoms with Crippen molar-refractivity contribution in [2.75, 3.05) is 11.4 Å². The summed E-state index contributed by atoms with van der Waals surface area (Å²) in [5.41, 5.74) is -0.539. The Morgan fingerprint density at radius 3 is 1.87 bits per heavy atom. The molecule has 0 aromatic heterocycles. The Kier molecular flexibility index (Phi) is 6.01. The van der Waals surface area contributed by atoms with Crippen LogP contribution in [0.5, 0.6) is 0 Å². The maximum atomic E-state index is 12.9. The number of hydrogen-bond acceptors (Lipinski definition) is 2. The molecule has 0 unspecified atom stereocenters. The Hall–Kier alpha value is -2.71. The van der Waals surface area contributed by atoms with Crippen molar-refractivity contribution < 1.29 is 36.2 Å². The summed E-state index contributed by atoms with van der Waals surface area (Å²) in [7, 11) is 0. The van der Waals surface area contributed by atoms with E-state index in [1.807, 2.05) is 4.90 Å². The van der Waals surface area contributed by atoms with Crippen molar-refractivity contribution in [3.63, 3.8) is 0 Å². The number of halogens is 6. The van der Waals surface area contributed by atoms with E-state index in [9.17, 15) is 31.1 Å². The second-order valence-electron chi connectivity index (χ2n) is 7.36. The van der Waals surface area contributed by atoms with Crippen molar-refractivity contribution in [2.24, 2.45) is 5.92 Å². The smallest absolute Gasteiger partial charge is 0.416 e. The van der Waals surface area contributed by atoms with Crippen LogP contribution in [0.2, 0.25) is 0 Å². The lowest BCUT2D eigenvalue weighted by molar-refractivity contribution is -0.139. The molecule has 1 aliphatic rings. The van der Waals surface area contributed by atoms with Gasteiger partial charge >= 0.3 is 18.3 Å². The van der Waals surface area contributed by atoms with Crippen LogP contribution in [0.3, 0.4) is 0 Å². The zero-order valence-electron chi connectivity index (χ0n) is 15.7. The van der Waals surface area contributed by atoms with Crippen molar-refractivity contribution in [3.05, 3.63) is 65.2 Å². The third kappa shape index (κ3) is 5.06. The van der Waals surface area contributed by atoms with Crippen LogP contribution in [0.1, 0.15) is 42.0 Å². The molecule has 3 rings (SSSR count).